The van der Waals surface area contributed by atoms with Crippen LogP contribution in [0.25, 0.3) is 0 Å². The van der Waals surface area contributed by atoms with Crippen LogP contribution in [0.15, 0.2) is 0 Å². The zero-order chi connectivity index (χ0) is 13.1. The van der Waals surface area contributed by atoms with Gasteiger partial charge < -0.3 is 10.2 Å². The van der Waals surface area contributed by atoms with Crippen molar-refractivity contribution in [2.45, 2.75) is 44.1 Å². The summed E-state index contributed by atoms with van der Waals surface area (Å²) < 4.78 is 22.6. The Morgan fingerprint density at radius 1 is 1.17 bits per heavy atom. The molecule has 1 aliphatic carbocycles. The van der Waals surface area contributed by atoms with Gasteiger partial charge in [0.15, 0.2) is 0 Å². The van der Waals surface area contributed by atoms with Crippen LogP contribution in [0.2, 0.25) is 0 Å². The lowest BCUT2D eigenvalue weighted by molar-refractivity contribution is 0.169. The largest absolute Gasteiger partial charge is 0.310 e. The highest BCUT2D eigenvalue weighted by Crippen LogP contribution is 2.30. The van der Waals surface area contributed by atoms with E-state index in [2.05, 4.69) is 10.2 Å². The molecule has 2 fully saturated rings. The topological polar surface area (TPSA) is 49.4 Å². The second kappa shape index (κ2) is 5.88. The molecular formula is C13H26N2O2S. The fraction of sp³-hybridized carbons (Fsp3) is 1.00. The van der Waals surface area contributed by atoms with Crippen LogP contribution in [0.1, 0.15) is 38.5 Å². The molecule has 0 aromatic heterocycles. The van der Waals surface area contributed by atoms with E-state index in [1.54, 1.807) is 0 Å². The van der Waals surface area contributed by atoms with Crippen molar-refractivity contribution in [3.63, 3.8) is 0 Å². The van der Waals surface area contributed by atoms with Gasteiger partial charge in [-0.1, -0.05) is 19.3 Å². The van der Waals surface area contributed by atoms with Gasteiger partial charge in [-0.2, -0.15) is 0 Å². The van der Waals surface area contributed by atoms with Crippen molar-refractivity contribution in [1.82, 2.24) is 10.2 Å². The SMILES string of the molecule is CS(=O)(=O)CCN1CCCNC2(CCCCC2)C1. The molecule has 106 valence electrons. The summed E-state index contributed by atoms with van der Waals surface area (Å²) >= 11 is 0. The summed E-state index contributed by atoms with van der Waals surface area (Å²) in [4.78, 5) is 2.35. The fourth-order valence-electron chi connectivity index (χ4n) is 3.27. The Balaban J connectivity index is 1.94. The Labute approximate surface area is 111 Å². The van der Waals surface area contributed by atoms with Gasteiger partial charge in [0, 0.05) is 24.9 Å². The second-order valence-corrected chi connectivity index (χ2v) is 8.29. The molecule has 1 saturated carbocycles. The van der Waals surface area contributed by atoms with E-state index in [-0.39, 0.29) is 5.54 Å². The van der Waals surface area contributed by atoms with Crippen LogP contribution in [0.4, 0.5) is 0 Å². The zero-order valence-corrected chi connectivity index (χ0v) is 12.3. The zero-order valence-electron chi connectivity index (χ0n) is 11.5. The van der Waals surface area contributed by atoms with Gasteiger partial charge in [-0.25, -0.2) is 8.42 Å². The van der Waals surface area contributed by atoms with Crippen LogP contribution < -0.4 is 5.32 Å². The Morgan fingerprint density at radius 3 is 2.56 bits per heavy atom. The molecule has 0 aromatic rings. The normalized spacial score (nSPS) is 26.1. The standard InChI is InChI=1S/C13H26N2O2S/c1-18(16,17)11-10-15-9-5-8-14-13(12-15)6-3-2-4-7-13/h14H,2-12H2,1H3. The number of nitrogens with one attached hydrogen (secondary N) is 1. The Hall–Kier alpha value is -0.130. The molecule has 2 rings (SSSR count). The summed E-state index contributed by atoms with van der Waals surface area (Å²) in [6.07, 6.45) is 8.95. The molecule has 18 heavy (non-hydrogen) atoms. The van der Waals surface area contributed by atoms with Gasteiger partial charge in [0.05, 0.1) is 5.75 Å². The van der Waals surface area contributed by atoms with E-state index in [1.165, 1.54) is 38.4 Å². The molecule has 0 radical (unpaired) electrons. The maximum atomic E-state index is 11.3. The van der Waals surface area contributed by atoms with Crippen LogP contribution >= 0.6 is 0 Å². The highest BCUT2D eigenvalue weighted by molar-refractivity contribution is 7.90. The first-order valence-electron chi connectivity index (χ1n) is 7.14. The van der Waals surface area contributed by atoms with Gasteiger partial charge in [0.25, 0.3) is 0 Å². The smallest absolute Gasteiger partial charge is 0.148 e. The third-order valence-electron chi connectivity index (χ3n) is 4.27. The molecule has 0 amide bonds. The molecule has 1 saturated heterocycles. The van der Waals surface area contributed by atoms with E-state index in [1.807, 2.05) is 0 Å². The fourth-order valence-corrected chi connectivity index (χ4v) is 3.86. The number of rotatable bonds is 3. The molecule has 0 unspecified atom stereocenters. The second-order valence-electron chi connectivity index (χ2n) is 6.03. The van der Waals surface area contributed by atoms with Gasteiger partial charge in [0.2, 0.25) is 0 Å². The predicted octanol–water partition coefficient (Wildman–Crippen LogP) is 1.03. The molecule has 0 atom stereocenters. The van der Waals surface area contributed by atoms with Gasteiger partial charge >= 0.3 is 0 Å². The van der Waals surface area contributed by atoms with E-state index in [4.69, 9.17) is 0 Å². The van der Waals surface area contributed by atoms with E-state index in [0.29, 0.717) is 12.3 Å². The van der Waals surface area contributed by atoms with Crippen LogP contribution in [-0.4, -0.2) is 57.0 Å². The Kier molecular flexibility index (Phi) is 4.67. The molecule has 0 bridgehead atoms. The highest BCUT2D eigenvalue weighted by Gasteiger charge is 2.34. The molecule has 1 N–H and O–H groups in total. The molecule has 1 heterocycles. The maximum absolute atomic E-state index is 11.3. The third kappa shape index (κ3) is 4.21. The monoisotopic (exact) mass is 274 g/mol. The molecule has 0 aromatic carbocycles. The van der Waals surface area contributed by atoms with Crippen molar-refractivity contribution in [1.29, 1.82) is 0 Å². The van der Waals surface area contributed by atoms with E-state index >= 15 is 0 Å². The lowest BCUT2D eigenvalue weighted by Crippen LogP contribution is -2.53. The minimum atomic E-state index is -2.84. The van der Waals surface area contributed by atoms with Crippen LogP contribution in [0.3, 0.4) is 0 Å². The first kappa shape index (κ1) is 14.3. The van der Waals surface area contributed by atoms with Crippen LogP contribution in [0, 0.1) is 0 Å². The maximum Gasteiger partial charge on any atom is 0.148 e. The summed E-state index contributed by atoms with van der Waals surface area (Å²) in [6, 6.07) is 0. The van der Waals surface area contributed by atoms with Gasteiger partial charge in [-0.3, -0.25) is 0 Å². The minimum Gasteiger partial charge on any atom is -0.310 e. The van der Waals surface area contributed by atoms with Crippen molar-refractivity contribution in [3.05, 3.63) is 0 Å². The van der Waals surface area contributed by atoms with Crippen LogP contribution in [-0.2, 0) is 9.84 Å². The molecule has 1 aliphatic heterocycles. The number of hydrogen-bond acceptors (Lipinski definition) is 4. The summed E-state index contributed by atoms with van der Waals surface area (Å²) in [5.41, 5.74) is 0.270. The van der Waals surface area contributed by atoms with E-state index in [0.717, 1.165) is 26.1 Å². The number of nitrogens with zero attached hydrogens (tertiary/aromatic N) is 1. The van der Waals surface area contributed by atoms with Gasteiger partial charge in [-0.15, -0.1) is 0 Å². The summed E-state index contributed by atoms with van der Waals surface area (Å²) in [7, 11) is -2.84. The summed E-state index contributed by atoms with van der Waals surface area (Å²) in [5, 5.41) is 3.73. The minimum absolute atomic E-state index is 0.270. The lowest BCUT2D eigenvalue weighted by atomic mass is 9.81. The number of sulfone groups is 1. The van der Waals surface area contributed by atoms with Crippen molar-refractivity contribution in [2.75, 3.05) is 38.2 Å². The predicted molar refractivity (Wildman–Crippen MR) is 74.6 cm³/mol. The first-order valence-corrected chi connectivity index (χ1v) is 9.20. The quantitative estimate of drug-likeness (QED) is 0.835. The van der Waals surface area contributed by atoms with Crippen molar-refractivity contribution in [3.8, 4) is 0 Å². The Bertz CT molecular complexity index is 361. The summed E-state index contributed by atoms with van der Waals surface area (Å²) in [5.74, 6) is 0.295. The number of hydrogen-bond donors (Lipinski definition) is 1. The highest BCUT2D eigenvalue weighted by atomic mass is 32.2. The average molecular weight is 274 g/mol. The third-order valence-corrected chi connectivity index (χ3v) is 5.19. The van der Waals surface area contributed by atoms with Crippen molar-refractivity contribution >= 4 is 9.84 Å². The van der Waals surface area contributed by atoms with E-state index in [9.17, 15) is 8.42 Å². The van der Waals surface area contributed by atoms with Crippen molar-refractivity contribution in [2.24, 2.45) is 0 Å². The molecule has 4 nitrogen and oxygen atoms in total. The summed E-state index contributed by atoms with van der Waals surface area (Å²) in [6.45, 7) is 3.84. The van der Waals surface area contributed by atoms with Gasteiger partial charge in [-0.05, 0) is 32.4 Å². The van der Waals surface area contributed by atoms with E-state index < -0.39 is 9.84 Å². The Morgan fingerprint density at radius 2 is 1.89 bits per heavy atom. The van der Waals surface area contributed by atoms with Crippen LogP contribution in [0.5, 0.6) is 0 Å². The molecule has 1 spiro atoms. The average Bonchev–Trinajstić information content (AvgIpc) is 2.50. The van der Waals surface area contributed by atoms with Gasteiger partial charge in [0.1, 0.15) is 9.84 Å². The molecule has 2 aliphatic rings. The first-order chi connectivity index (χ1) is 8.49. The molecular weight excluding hydrogens is 248 g/mol. The lowest BCUT2D eigenvalue weighted by Gasteiger charge is -2.40. The molecule has 5 heteroatoms. The van der Waals surface area contributed by atoms with Crippen molar-refractivity contribution < 1.29 is 8.42 Å².